The molecule has 1 aliphatic heterocycles. The molecule has 0 aromatic rings. The molecule has 0 radical (unpaired) electrons. The Balaban J connectivity index is 2.66. The fourth-order valence-corrected chi connectivity index (χ4v) is 8.65. The van der Waals surface area contributed by atoms with E-state index in [2.05, 4.69) is 82.5 Å². The lowest BCUT2D eigenvalue weighted by atomic mass is 9.67. The Morgan fingerprint density at radius 3 is 2.06 bits per heavy atom. The van der Waals surface area contributed by atoms with Crippen LogP contribution in [0.3, 0.4) is 0 Å². The summed E-state index contributed by atoms with van der Waals surface area (Å²) in [4.78, 5) is 26.5. The average Bonchev–Trinajstić information content (AvgIpc) is 2.61. The number of carbonyl (C=O) groups excluding carboxylic acids is 1. The van der Waals surface area contributed by atoms with Gasteiger partial charge in [0.1, 0.15) is 7.34 Å². The summed E-state index contributed by atoms with van der Waals surface area (Å²) in [6, 6.07) is 0. The second kappa shape index (κ2) is 11.8. The van der Waals surface area contributed by atoms with Gasteiger partial charge in [0, 0.05) is 24.7 Å². The Morgan fingerprint density at radius 2 is 1.59 bits per heavy atom. The highest BCUT2D eigenvalue weighted by molar-refractivity contribution is 7.63. The number of piperidine rings is 1. The molecule has 1 N–H and O–H groups in total. The van der Waals surface area contributed by atoms with Gasteiger partial charge < -0.3 is 14.3 Å². The molecule has 1 amide bonds. The van der Waals surface area contributed by atoms with Gasteiger partial charge in [0.25, 0.3) is 0 Å². The third-order valence-electron chi connectivity index (χ3n) is 7.56. The van der Waals surface area contributed by atoms with Crippen molar-refractivity contribution < 1.29 is 14.2 Å². The normalized spacial score (nSPS) is 19.7. The lowest BCUT2D eigenvalue weighted by molar-refractivity contribution is -0.144. The number of hydrogen-bond donors (Lipinski definition) is 1. The number of amides is 1. The van der Waals surface area contributed by atoms with Crippen molar-refractivity contribution in [2.24, 2.45) is 27.6 Å². The van der Waals surface area contributed by atoms with Gasteiger partial charge in [-0.25, -0.2) is 0 Å². The molecule has 1 aliphatic rings. The smallest absolute Gasteiger partial charge is 0.228 e. The molecule has 1 heterocycles. The molecule has 34 heavy (non-hydrogen) atoms. The van der Waals surface area contributed by atoms with E-state index < -0.39 is 7.34 Å². The number of unbranched alkanes of at least 4 members (excludes halogenated alkanes) is 1. The molecule has 0 aromatic heterocycles. The first-order valence-corrected chi connectivity index (χ1v) is 15.7. The van der Waals surface area contributed by atoms with Crippen LogP contribution in [0.1, 0.15) is 121 Å². The van der Waals surface area contributed by atoms with Gasteiger partial charge in [0.2, 0.25) is 5.91 Å². The molecule has 1 rings (SSSR count). The van der Waals surface area contributed by atoms with Crippen molar-refractivity contribution >= 4 is 19.5 Å². The van der Waals surface area contributed by atoms with Crippen LogP contribution in [0.15, 0.2) is 0 Å². The van der Waals surface area contributed by atoms with Crippen LogP contribution in [0.5, 0.6) is 0 Å². The van der Waals surface area contributed by atoms with E-state index in [1.54, 1.807) is 0 Å². The Kier molecular flexibility index (Phi) is 11.0. The van der Waals surface area contributed by atoms with Crippen molar-refractivity contribution in [2.45, 2.75) is 127 Å². The lowest BCUT2D eigenvalue weighted by Crippen LogP contribution is -2.48. The molecule has 5 heteroatoms. The summed E-state index contributed by atoms with van der Waals surface area (Å²) in [6.45, 7) is 26.0. The Morgan fingerprint density at radius 1 is 1.06 bits per heavy atom. The lowest BCUT2D eigenvalue weighted by Gasteiger charge is -2.43. The maximum Gasteiger partial charge on any atom is 0.228 e. The summed E-state index contributed by atoms with van der Waals surface area (Å²) >= 11 is 0. The fraction of sp³-hybridized carbons (Fsp3) is 0.931. The molecule has 202 valence electrons. The van der Waals surface area contributed by atoms with E-state index in [-0.39, 0.29) is 33.7 Å². The van der Waals surface area contributed by atoms with Gasteiger partial charge in [0.15, 0.2) is 0 Å². The van der Waals surface area contributed by atoms with Gasteiger partial charge in [-0.05, 0) is 47.8 Å². The molecular formula is C29H58NO3P. The highest BCUT2D eigenvalue weighted by Crippen LogP contribution is 2.51. The van der Waals surface area contributed by atoms with E-state index in [0.717, 1.165) is 25.7 Å². The quantitative estimate of drug-likeness (QED) is 0.277. The van der Waals surface area contributed by atoms with Crippen LogP contribution in [0.2, 0.25) is 0 Å². The minimum Gasteiger partial charge on any atom is -0.353 e. The maximum absolute atomic E-state index is 13.5. The van der Waals surface area contributed by atoms with Crippen LogP contribution >= 0.6 is 7.34 Å². The second-order valence-corrected chi connectivity index (χ2v) is 16.8. The monoisotopic (exact) mass is 499 g/mol. The summed E-state index contributed by atoms with van der Waals surface area (Å²) in [5.41, 5.74) is -0.0756. The molecule has 1 fully saturated rings. The highest BCUT2D eigenvalue weighted by atomic mass is 31.2. The van der Waals surface area contributed by atoms with E-state index in [4.69, 9.17) is 4.52 Å². The van der Waals surface area contributed by atoms with Crippen molar-refractivity contribution in [2.75, 3.05) is 19.3 Å². The molecule has 0 saturated carbocycles. The first-order chi connectivity index (χ1) is 15.2. The number of rotatable bonds is 12. The van der Waals surface area contributed by atoms with E-state index in [1.165, 1.54) is 19.3 Å². The van der Waals surface area contributed by atoms with Gasteiger partial charge in [-0.3, -0.25) is 4.79 Å². The number of carbonyl (C=O) groups is 1. The van der Waals surface area contributed by atoms with E-state index in [0.29, 0.717) is 25.2 Å². The van der Waals surface area contributed by atoms with Gasteiger partial charge in [0.05, 0.1) is 6.10 Å². The van der Waals surface area contributed by atoms with Gasteiger partial charge in [-0.15, -0.1) is 0 Å². The molecule has 2 atom stereocenters. The van der Waals surface area contributed by atoms with Gasteiger partial charge in [-0.1, -0.05) is 102 Å². The molecule has 0 spiro atoms. The SMILES string of the molecule is C=P(O)(CC(C)(C)CC(C)(C)C)OC1CCN(C(=O)C(C)(C)CC(C)(C)C(C)CCCC)CC1. The zero-order valence-electron chi connectivity index (χ0n) is 24.6. The van der Waals surface area contributed by atoms with Crippen LogP contribution in [0, 0.1) is 27.6 Å². The van der Waals surface area contributed by atoms with Crippen molar-refractivity contribution in [3.05, 3.63) is 0 Å². The minimum absolute atomic E-state index is 0.0149. The first kappa shape index (κ1) is 31.7. The zero-order valence-corrected chi connectivity index (χ0v) is 25.5. The third-order valence-corrected chi connectivity index (χ3v) is 9.60. The van der Waals surface area contributed by atoms with Crippen LogP contribution in [-0.2, 0) is 9.32 Å². The van der Waals surface area contributed by atoms with Crippen molar-refractivity contribution in [1.29, 1.82) is 0 Å². The van der Waals surface area contributed by atoms with E-state index in [9.17, 15) is 9.69 Å². The molecule has 0 aliphatic carbocycles. The molecule has 4 nitrogen and oxygen atoms in total. The van der Waals surface area contributed by atoms with Crippen LogP contribution in [0.25, 0.3) is 0 Å². The number of hydrogen-bond acceptors (Lipinski definition) is 3. The predicted octanol–water partition coefficient (Wildman–Crippen LogP) is 8.00. The van der Waals surface area contributed by atoms with E-state index >= 15 is 0 Å². The van der Waals surface area contributed by atoms with Crippen LogP contribution in [0.4, 0.5) is 0 Å². The highest BCUT2D eigenvalue weighted by Gasteiger charge is 2.40. The van der Waals surface area contributed by atoms with Crippen molar-refractivity contribution in [3.8, 4) is 0 Å². The van der Waals surface area contributed by atoms with Gasteiger partial charge in [-0.2, -0.15) is 0 Å². The molecular weight excluding hydrogens is 441 g/mol. The topological polar surface area (TPSA) is 49.8 Å². The van der Waals surface area contributed by atoms with Gasteiger partial charge >= 0.3 is 0 Å². The summed E-state index contributed by atoms with van der Waals surface area (Å²) < 4.78 is 6.21. The average molecular weight is 500 g/mol. The Hall–Kier alpha value is -0.310. The summed E-state index contributed by atoms with van der Waals surface area (Å²) in [5.74, 6) is 0.854. The van der Waals surface area contributed by atoms with E-state index in [1.807, 2.05) is 4.90 Å². The van der Waals surface area contributed by atoms with Crippen molar-refractivity contribution in [1.82, 2.24) is 4.90 Å². The summed E-state index contributed by atoms with van der Waals surface area (Å²) in [5, 5.41) is 0. The van der Waals surface area contributed by atoms with Crippen LogP contribution in [-0.4, -0.2) is 47.4 Å². The molecule has 2 unspecified atom stereocenters. The second-order valence-electron chi connectivity index (χ2n) is 14.6. The molecule has 1 saturated heterocycles. The standard InChI is InChI=1S/C29H58NO3P/c1-13-14-15-23(2)28(8,9)21-29(10,11)25(31)30-18-16-24(17-19-30)33-34(12,32)22-27(6,7)20-26(3,4)5/h23-24,32H,12-22H2,1-11H3. The van der Waals surface area contributed by atoms with Crippen molar-refractivity contribution in [3.63, 3.8) is 0 Å². The number of nitrogens with zero attached hydrogens (tertiary/aromatic N) is 1. The summed E-state index contributed by atoms with van der Waals surface area (Å²) in [7, 11) is -2.70. The first-order valence-electron chi connectivity index (χ1n) is 13.6. The Labute approximate surface area is 212 Å². The fourth-order valence-electron chi connectivity index (χ4n) is 6.36. The zero-order chi connectivity index (χ0) is 26.6. The number of likely N-dealkylation sites (tertiary alicyclic amines) is 1. The minimum atomic E-state index is -2.70. The summed E-state index contributed by atoms with van der Waals surface area (Å²) in [6.07, 6.45) is 11.9. The largest absolute Gasteiger partial charge is 0.353 e. The predicted molar refractivity (Wildman–Crippen MR) is 151 cm³/mol. The Bertz CT molecular complexity index is 697. The maximum atomic E-state index is 13.5. The molecule has 0 bridgehead atoms. The third kappa shape index (κ3) is 10.8. The molecule has 0 aromatic carbocycles. The van der Waals surface area contributed by atoms with Crippen LogP contribution < -0.4 is 0 Å².